The lowest BCUT2D eigenvalue weighted by Crippen LogP contribution is -2.47. The van der Waals surface area contributed by atoms with Crippen molar-refractivity contribution in [1.82, 2.24) is 16.2 Å². The first-order chi connectivity index (χ1) is 13.1. The Hall–Kier alpha value is -3.28. The van der Waals surface area contributed by atoms with E-state index < -0.39 is 11.9 Å². The second kappa shape index (κ2) is 8.40. The van der Waals surface area contributed by atoms with Crippen LogP contribution in [0.4, 0.5) is 4.79 Å². The summed E-state index contributed by atoms with van der Waals surface area (Å²) in [7, 11) is 0. The van der Waals surface area contributed by atoms with Gasteiger partial charge in [0.1, 0.15) is 5.58 Å². The number of carbonyl (C=O) groups excluding carboxylic acids is 2. The Kier molecular flexibility index (Phi) is 5.76. The van der Waals surface area contributed by atoms with E-state index in [0.717, 1.165) is 29.4 Å². The minimum absolute atomic E-state index is 0.124. The molecule has 0 spiro atoms. The molecule has 0 radical (unpaired) electrons. The summed E-state index contributed by atoms with van der Waals surface area (Å²) < 4.78 is 5.60. The van der Waals surface area contributed by atoms with Crippen molar-refractivity contribution in [3.8, 4) is 0 Å². The zero-order chi connectivity index (χ0) is 19.2. The van der Waals surface area contributed by atoms with Gasteiger partial charge in [0.05, 0.1) is 6.04 Å². The molecule has 0 saturated heterocycles. The fourth-order valence-electron chi connectivity index (χ4n) is 3.05. The minimum Gasteiger partial charge on any atom is -0.451 e. The van der Waals surface area contributed by atoms with Crippen LogP contribution >= 0.6 is 0 Å². The van der Waals surface area contributed by atoms with Gasteiger partial charge in [-0.15, -0.1) is 0 Å². The van der Waals surface area contributed by atoms with Gasteiger partial charge in [0.2, 0.25) is 0 Å². The number of carbonyl (C=O) groups is 2. The molecule has 3 N–H and O–H groups in total. The summed E-state index contributed by atoms with van der Waals surface area (Å²) in [5, 5.41) is 3.76. The maximum absolute atomic E-state index is 12.4. The van der Waals surface area contributed by atoms with Gasteiger partial charge in [-0.25, -0.2) is 10.2 Å². The van der Waals surface area contributed by atoms with E-state index in [4.69, 9.17) is 4.42 Å². The standard InChI is InChI=1S/C21H23N3O3/c1-3-9-17(15-10-5-4-6-11-15)22-21(26)24-23-20(25)19-14(2)16-12-7-8-13-18(16)27-19/h4-8,10-13,17H,3,9H2,1-2H3,(H,23,25)(H2,22,24,26)/t17-/m1/s1. The molecule has 6 heteroatoms. The van der Waals surface area contributed by atoms with Crippen molar-refractivity contribution in [2.75, 3.05) is 0 Å². The van der Waals surface area contributed by atoms with E-state index in [1.165, 1.54) is 0 Å². The molecule has 0 aliphatic heterocycles. The summed E-state index contributed by atoms with van der Waals surface area (Å²) in [6.07, 6.45) is 1.72. The molecule has 0 saturated carbocycles. The Labute approximate surface area is 157 Å². The molecule has 3 rings (SSSR count). The number of rotatable bonds is 5. The van der Waals surface area contributed by atoms with Gasteiger partial charge in [-0.1, -0.05) is 61.9 Å². The molecule has 0 unspecified atom stereocenters. The Morgan fingerprint density at radius 1 is 1.00 bits per heavy atom. The molecule has 1 atom stereocenters. The number of fused-ring (bicyclic) bond motifs is 1. The molecular formula is C21H23N3O3. The van der Waals surface area contributed by atoms with Crippen molar-refractivity contribution in [3.05, 3.63) is 71.5 Å². The fraction of sp³-hybridized carbons (Fsp3) is 0.238. The second-order valence-corrected chi connectivity index (χ2v) is 6.36. The summed E-state index contributed by atoms with van der Waals surface area (Å²) in [6.45, 7) is 3.87. The highest BCUT2D eigenvalue weighted by Gasteiger charge is 2.19. The normalized spacial score (nSPS) is 11.8. The van der Waals surface area contributed by atoms with Gasteiger partial charge >= 0.3 is 11.9 Å². The quantitative estimate of drug-likeness (QED) is 0.592. The van der Waals surface area contributed by atoms with Crippen molar-refractivity contribution in [2.24, 2.45) is 0 Å². The van der Waals surface area contributed by atoms with Crippen molar-refractivity contribution in [2.45, 2.75) is 32.7 Å². The van der Waals surface area contributed by atoms with Crippen LogP contribution in [-0.4, -0.2) is 11.9 Å². The number of amides is 3. The van der Waals surface area contributed by atoms with E-state index in [-0.39, 0.29) is 11.8 Å². The van der Waals surface area contributed by atoms with Crippen LogP contribution in [0.25, 0.3) is 11.0 Å². The lowest BCUT2D eigenvalue weighted by molar-refractivity contribution is 0.0909. The van der Waals surface area contributed by atoms with Gasteiger partial charge in [0, 0.05) is 10.9 Å². The van der Waals surface area contributed by atoms with Gasteiger partial charge in [0.15, 0.2) is 5.76 Å². The number of hydrogen-bond donors (Lipinski definition) is 3. The monoisotopic (exact) mass is 365 g/mol. The molecular weight excluding hydrogens is 342 g/mol. The third-order valence-corrected chi connectivity index (χ3v) is 4.42. The van der Waals surface area contributed by atoms with Gasteiger partial charge in [0.25, 0.3) is 0 Å². The number of urea groups is 1. The molecule has 0 aliphatic rings. The summed E-state index contributed by atoms with van der Waals surface area (Å²) in [5.41, 5.74) is 7.20. The summed E-state index contributed by atoms with van der Waals surface area (Å²) in [5.74, 6) is -0.310. The van der Waals surface area contributed by atoms with E-state index in [9.17, 15) is 9.59 Å². The van der Waals surface area contributed by atoms with Crippen molar-refractivity contribution >= 4 is 22.9 Å². The maximum atomic E-state index is 12.4. The number of nitrogens with one attached hydrogen (secondary N) is 3. The molecule has 1 aromatic heterocycles. The van der Waals surface area contributed by atoms with Crippen LogP contribution in [-0.2, 0) is 0 Å². The SMILES string of the molecule is CCC[C@@H](NC(=O)NNC(=O)c1oc2ccccc2c1C)c1ccccc1. The first kappa shape index (κ1) is 18.5. The first-order valence-electron chi connectivity index (χ1n) is 9.00. The van der Waals surface area contributed by atoms with E-state index in [1.54, 1.807) is 6.07 Å². The molecule has 3 aromatic rings. The molecule has 3 amide bonds. The Morgan fingerprint density at radius 3 is 2.41 bits per heavy atom. The lowest BCUT2D eigenvalue weighted by Gasteiger charge is -2.19. The smallest absolute Gasteiger partial charge is 0.333 e. The Balaban J connectivity index is 1.62. The highest BCUT2D eigenvalue weighted by molar-refractivity contribution is 5.99. The third-order valence-electron chi connectivity index (χ3n) is 4.42. The Bertz CT molecular complexity index is 934. The lowest BCUT2D eigenvalue weighted by atomic mass is 10.0. The van der Waals surface area contributed by atoms with Crippen molar-refractivity contribution in [1.29, 1.82) is 0 Å². The summed E-state index contributed by atoms with van der Waals surface area (Å²) in [4.78, 5) is 24.6. The van der Waals surface area contributed by atoms with E-state index in [2.05, 4.69) is 23.1 Å². The molecule has 140 valence electrons. The average Bonchev–Trinajstić information content (AvgIpc) is 3.03. The fourth-order valence-corrected chi connectivity index (χ4v) is 3.05. The number of hydrazine groups is 1. The Morgan fingerprint density at radius 2 is 1.70 bits per heavy atom. The maximum Gasteiger partial charge on any atom is 0.333 e. The number of furan rings is 1. The molecule has 27 heavy (non-hydrogen) atoms. The molecule has 0 fully saturated rings. The number of aryl methyl sites for hydroxylation is 1. The molecule has 6 nitrogen and oxygen atoms in total. The van der Waals surface area contributed by atoms with Crippen LogP contribution in [0.1, 0.15) is 47.5 Å². The van der Waals surface area contributed by atoms with Crippen LogP contribution < -0.4 is 16.2 Å². The highest BCUT2D eigenvalue weighted by atomic mass is 16.3. The summed E-state index contributed by atoms with van der Waals surface area (Å²) in [6, 6.07) is 16.6. The first-order valence-corrected chi connectivity index (χ1v) is 9.00. The largest absolute Gasteiger partial charge is 0.451 e. The van der Waals surface area contributed by atoms with Gasteiger partial charge in [-0.3, -0.25) is 10.2 Å². The number of para-hydroxylation sites is 1. The highest BCUT2D eigenvalue weighted by Crippen LogP contribution is 2.24. The number of hydrogen-bond acceptors (Lipinski definition) is 3. The predicted octanol–water partition coefficient (Wildman–Crippen LogP) is 4.23. The van der Waals surface area contributed by atoms with Gasteiger partial charge in [-0.05, 0) is 25.0 Å². The van der Waals surface area contributed by atoms with Crippen LogP contribution in [0.3, 0.4) is 0 Å². The zero-order valence-electron chi connectivity index (χ0n) is 15.4. The van der Waals surface area contributed by atoms with E-state index in [1.807, 2.05) is 55.5 Å². The molecule has 0 bridgehead atoms. The van der Waals surface area contributed by atoms with Crippen molar-refractivity contribution < 1.29 is 14.0 Å². The molecule has 2 aromatic carbocycles. The second-order valence-electron chi connectivity index (χ2n) is 6.36. The van der Waals surface area contributed by atoms with Crippen LogP contribution in [0.5, 0.6) is 0 Å². The molecule has 0 aliphatic carbocycles. The van der Waals surface area contributed by atoms with Crippen molar-refractivity contribution in [3.63, 3.8) is 0 Å². The zero-order valence-corrected chi connectivity index (χ0v) is 15.4. The molecule has 1 heterocycles. The van der Waals surface area contributed by atoms with Gasteiger partial charge < -0.3 is 9.73 Å². The van der Waals surface area contributed by atoms with E-state index in [0.29, 0.717) is 5.58 Å². The minimum atomic E-state index is -0.495. The topological polar surface area (TPSA) is 83.4 Å². The van der Waals surface area contributed by atoms with Gasteiger partial charge in [-0.2, -0.15) is 0 Å². The third kappa shape index (κ3) is 4.28. The van der Waals surface area contributed by atoms with Crippen LogP contribution in [0.2, 0.25) is 0 Å². The predicted molar refractivity (Wildman–Crippen MR) is 104 cm³/mol. The average molecular weight is 365 g/mol. The van der Waals surface area contributed by atoms with Crippen LogP contribution in [0.15, 0.2) is 59.0 Å². The van der Waals surface area contributed by atoms with E-state index >= 15 is 0 Å². The summed E-state index contributed by atoms with van der Waals surface area (Å²) >= 11 is 0. The van der Waals surface area contributed by atoms with Crippen LogP contribution in [0, 0.1) is 6.92 Å². The number of benzene rings is 2.